The fraction of sp³-hybridized carbons (Fsp3) is 0.500. The highest BCUT2D eigenvalue weighted by Gasteiger charge is 2.26. The van der Waals surface area contributed by atoms with E-state index in [2.05, 4.69) is 19.8 Å². The van der Waals surface area contributed by atoms with Gasteiger partial charge >= 0.3 is 11.9 Å². The van der Waals surface area contributed by atoms with Crippen molar-refractivity contribution in [2.75, 3.05) is 14.2 Å². The van der Waals surface area contributed by atoms with Crippen LogP contribution < -0.4 is 5.73 Å². The number of nitrogens with two attached hydrogens (primary N) is 1. The zero-order valence-corrected chi connectivity index (χ0v) is 10.7. The van der Waals surface area contributed by atoms with Gasteiger partial charge in [0.1, 0.15) is 6.04 Å². The zero-order valence-electron chi connectivity index (χ0n) is 10.7. The minimum atomic E-state index is -0.856. The minimum absolute atomic E-state index is 0.116. The van der Waals surface area contributed by atoms with Crippen molar-refractivity contribution in [3.05, 3.63) is 11.4 Å². The van der Waals surface area contributed by atoms with Gasteiger partial charge in [-0.3, -0.25) is 9.59 Å². The van der Waals surface area contributed by atoms with Crippen LogP contribution >= 0.6 is 0 Å². The fourth-order valence-electron chi connectivity index (χ4n) is 1.37. The predicted molar refractivity (Wildman–Crippen MR) is 61.0 cm³/mol. The Balaban J connectivity index is 3.24. The number of ether oxygens (including phenoxy) is 2. The number of nitrogens with zero attached hydrogens (tertiary/aromatic N) is 3. The molecule has 1 aromatic rings. The lowest BCUT2D eigenvalue weighted by atomic mass is 10.2. The van der Waals surface area contributed by atoms with Crippen molar-refractivity contribution in [1.82, 2.24) is 15.0 Å². The summed E-state index contributed by atoms with van der Waals surface area (Å²) in [4.78, 5) is 34.0. The molecule has 0 radical (unpaired) electrons. The summed E-state index contributed by atoms with van der Waals surface area (Å²) >= 11 is 0. The van der Waals surface area contributed by atoms with Gasteiger partial charge in [0.15, 0.2) is 5.69 Å². The molecule has 19 heavy (non-hydrogen) atoms. The summed E-state index contributed by atoms with van der Waals surface area (Å²) in [6.07, 6.45) is -0.272. The summed E-state index contributed by atoms with van der Waals surface area (Å²) in [6.45, 7) is 1.47. The molecule has 1 unspecified atom stereocenters. The van der Waals surface area contributed by atoms with Gasteiger partial charge in [-0.15, -0.1) is 5.10 Å². The number of primary amides is 1. The van der Waals surface area contributed by atoms with Crippen LogP contribution in [-0.2, 0) is 25.5 Å². The first-order chi connectivity index (χ1) is 8.92. The van der Waals surface area contributed by atoms with Crippen molar-refractivity contribution in [3.8, 4) is 0 Å². The van der Waals surface area contributed by atoms with Gasteiger partial charge in [0.05, 0.1) is 26.3 Å². The Bertz CT molecular complexity index is 510. The summed E-state index contributed by atoms with van der Waals surface area (Å²) < 4.78 is 10.1. The lowest BCUT2D eigenvalue weighted by Crippen LogP contribution is -2.27. The molecule has 104 valence electrons. The Hall–Kier alpha value is -2.45. The summed E-state index contributed by atoms with van der Waals surface area (Å²) in [6, 6.07) is -0.856. The second-order valence-electron chi connectivity index (χ2n) is 3.65. The maximum Gasteiger partial charge on any atom is 0.360 e. The second-order valence-corrected chi connectivity index (χ2v) is 3.65. The van der Waals surface area contributed by atoms with Gasteiger partial charge in [0, 0.05) is 0 Å². The molecular formula is C10H14N4O5. The second kappa shape index (κ2) is 5.94. The molecule has 0 aromatic carbocycles. The van der Waals surface area contributed by atoms with E-state index in [1.807, 2.05) is 0 Å². The Kier molecular flexibility index (Phi) is 4.56. The van der Waals surface area contributed by atoms with Crippen molar-refractivity contribution < 1.29 is 23.9 Å². The monoisotopic (exact) mass is 270 g/mol. The van der Waals surface area contributed by atoms with Crippen molar-refractivity contribution in [1.29, 1.82) is 0 Å². The van der Waals surface area contributed by atoms with Crippen LogP contribution in [0.1, 0.15) is 29.1 Å². The van der Waals surface area contributed by atoms with Gasteiger partial charge in [-0.05, 0) is 6.92 Å². The molecule has 0 aliphatic rings. The molecule has 0 fully saturated rings. The van der Waals surface area contributed by atoms with Crippen molar-refractivity contribution in [2.24, 2.45) is 5.73 Å². The number of hydrogen-bond acceptors (Lipinski definition) is 7. The maximum atomic E-state index is 11.5. The SMILES string of the molecule is COC(=O)Cc1c(C(=O)OC)nnn1C(C)C(N)=O. The van der Waals surface area contributed by atoms with Crippen molar-refractivity contribution in [3.63, 3.8) is 0 Å². The molecule has 9 nitrogen and oxygen atoms in total. The molecule has 9 heteroatoms. The Morgan fingerprint density at radius 2 is 1.95 bits per heavy atom. The average molecular weight is 270 g/mol. The lowest BCUT2D eigenvalue weighted by Gasteiger charge is -2.11. The molecule has 1 amide bonds. The van der Waals surface area contributed by atoms with E-state index >= 15 is 0 Å². The molecule has 0 bridgehead atoms. The van der Waals surface area contributed by atoms with Crippen LogP contribution in [0, 0.1) is 0 Å². The third-order valence-electron chi connectivity index (χ3n) is 2.49. The zero-order chi connectivity index (χ0) is 14.6. The fourth-order valence-corrected chi connectivity index (χ4v) is 1.37. The van der Waals surface area contributed by atoms with Gasteiger partial charge in [-0.1, -0.05) is 5.21 Å². The number of carbonyl (C=O) groups excluding carboxylic acids is 3. The van der Waals surface area contributed by atoms with E-state index in [-0.39, 0.29) is 17.8 Å². The molecule has 2 N–H and O–H groups in total. The third-order valence-corrected chi connectivity index (χ3v) is 2.49. The number of aromatic nitrogens is 3. The first-order valence-electron chi connectivity index (χ1n) is 5.30. The number of esters is 2. The Labute approximate surface area is 108 Å². The number of hydrogen-bond donors (Lipinski definition) is 1. The first-order valence-corrected chi connectivity index (χ1v) is 5.30. The number of rotatable bonds is 5. The highest BCUT2D eigenvalue weighted by atomic mass is 16.5. The molecular weight excluding hydrogens is 256 g/mol. The van der Waals surface area contributed by atoms with Gasteiger partial charge in [0.25, 0.3) is 0 Å². The molecule has 0 saturated heterocycles. The molecule has 0 saturated carbocycles. The van der Waals surface area contributed by atoms with E-state index in [0.29, 0.717) is 0 Å². The standard InChI is InChI=1S/C10H14N4O5/c1-5(9(11)16)14-6(4-7(15)18-2)8(12-13-14)10(17)19-3/h5H,4H2,1-3H3,(H2,11,16). The van der Waals surface area contributed by atoms with Crippen LogP contribution in [0.2, 0.25) is 0 Å². The third kappa shape index (κ3) is 3.06. The predicted octanol–water partition coefficient (Wildman–Crippen LogP) is -1.17. The topological polar surface area (TPSA) is 126 Å². The van der Waals surface area contributed by atoms with Crippen LogP contribution in [0.4, 0.5) is 0 Å². The van der Waals surface area contributed by atoms with Gasteiger partial charge in [-0.25, -0.2) is 9.48 Å². The Morgan fingerprint density at radius 1 is 1.32 bits per heavy atom. The van der Waals surface area contributed by atoms with Crippen molar-refractivity contribution >= 4 is 17.8 Å². The van der Waals surface area contributed by atoms with Gasteiger partial charge in [0.2, 0.25) is 5.91 Å². The number of methoxy groups -OCH3 is 2. The molecule has 1 heterocycles. The van der Waals surface area contributed by atoms with Crippen LogP contribution in [-0.4, -0.2) is 47.1 Å². The van der Waals surface area contributed by atoms with Gasteiger partial charge < -0.3 is 15.2 Å². The van der Waals surface area contributed by atoms with Crippen LogP contribution in [0.5, 0.6) is 0 Å². The summed E-state index contributed by atoms with van der Waals surface area (Å²) in [7, 11) is 2.37. The van der Waals surface area contributed by atoms with Crippen LogP contribution in [0.25, 0.3) is 0 Å². The summed E-state index contributed by atoms with van der Waals surface area (Å²) in [5.74, 6) is -2.04. The first kappa shape index (κ1) is 14.6. The van der Waals surface area contributed by atoms with E-state index in [1.165, 1.54) is 21.1 Å². The average Bonchev–Trinajstić information content (AvgIpc) is 2.80. The van der Waals surface area contributed by atoms with E-state index in [1.54, 1.807) is 0 Å². The largest absolute Gasteiger partial charge is 0.469 e. The van der Waals surface area contributed by atoms with E-state index in [4.69, 9.17) is 5.73 Å². The van der Waals surface area contributed by atoms with Gasteiger partial charge in [-0.2, -0.15) is 0 Å². The highest BCUT2D eigenvalue weighted by Crippen LogP contribution is 2.14. The summed E-state index contributed by atoms with van der Waals surface area (Å²) in [5, 5.41) is 7.25. The lowest BCUT2D eigenvalue weighted by molar-refractivity contribution is -0.140. The molecule has 0 spiro atoms. The normalized spacial score (nSPS) is 11.7. The quantitative estimate of drug-likeness (QED) is 0.667. The number of carbonyl (C=O) groups is 3. The highest BCUT2D eigenvalue weighted by molar-refractivity contribution is 5.90. The van der Waals surface area contributed by atoms with E-state index in [0.717, 1.165) is 4.68 Å². The van der Waals surface area contributed by atoms with E-state index < -0.39 is 23.9 Å². The van der Waals surface area contributed by atoms with E-state index in [9.17, 15) is 14.4 Å². The maximum absolute atomic E-state index is 11.5. The van der Waals surface area contributed by atoms with Crippen LogP contribution in [0.15, 0.2) is 0 Å². The molecule has 1 aromatic heterocycles. The van der Waals surface area contributed by atoms with Crippen LogP contribution in [0.3, 0.4) is 0 Å². The summed E-state index contributed by atoms with van der Waals surface area (Å²) in [5.41, 5.74) is 5.12. The molecule has 1 atom stereocenters. The number of amides is 1. The smallest absolute Gasteiger partial charge is 0.360 e. The molecule has 0 aliphatic heterocycles. The Morgan fingerprint density at radius 3 is 2.42 bits per heavy atom. The minimum Gasteiger partial charge on any atom is -0.469 e. The molecule has 0 aliphatic carbocycles. The van der Waals surface area contributed by atoms with Crippen molar-refractivity contribution in [2.45, 2.75) is 19.4 Å². The molecule has 1 rings (SSSR count).